The van der Waals surface area contributed by atoms with Crippen molar-refractivity contribution < 1.29 is 13.2 Å². The molecule has 0 saturated carbocycles. The van der Waals surface area contributed by atoms with Crippen molar-refractivity contribution in [2.75, 3.05) is 18.4 Å². The minimum Gasteiger partial charge on any atom is -0.326 e. The van der Waals surface area contributed by atoms with Crippen LogP contribution in [0.5, 0.6) is 0 Å². The quantitative estimate of drug-likeness (QED) is 0.367. The lowest BCUT2D eigenvalue weighted by atomic mass is 9.98. The van der Waals surface area contributed by atoms with Gasteiger partial charge in [0.2, 0.25) is 5.91 Å². The van der Waals surface area contributed by atoms with Crippen molar-refractivity contribution in [3.8, 4) is 10.6 Å². The predicted octanol–water partition coefficient (Wildman–Crippen LogP) is 5.72. The van der Waals surface area contributed by atoms with Crippen molar-refractivity contribution >= 4 is 66.1 Å². The molecule has 1 aliphatic heterocycles. The molecule has 1 atom stereocenters. The molecule has 0 aliphatic carbocycles. The molecule has 1 unspecified atom stereocenters. The Morgan fingerprint density at radius 3 is 2.73 bits per heavy atom. The Bertz CT molecular complexity index is 1400. The highest BCUT2D eigenvalue weighted by Crippen LogP contribution is 2.33. The van der Waals surface area contributed by atoms with Crippen LogP contribution in [0.2, 0.25) is 4.34 Å². The Morgan fingerprint density at radius 1 is 1.09 bits per heavy atom. The van der Waals surface area contributed by atoms with Gasteiger partial charge in [0.1, 0.15) is 9.22 Å². The smallest absolute Gasteiger partial charge is 0.252 e. The molecule has 1 N–H and O–H groups in total. The van der Waals surface area contributed by atoms with Gasteiger partial charge < -0.3 is 5.32 Å². The number of aromatic nitrogens is 1. The molecule has 4 aromatic rings. The van der Waals surface area contributed by atoms with Gasteiger partial charge in [-0.2, -0.15) is 4.31 Å². The van der Waals surface area contributed by atoms with Crippen LogP contribution in [-0.2, 0) is 14.8 Å². The first-order valence-electron chi connectivity index (χ1n) is 10.4. The lowest BCUT2D eigenvalue weighted by Gasteiger charge is -2.30. The number of benzene rings is 2. The lowest BCUT2D eigenvalue weighted by molar-refractivity contribution is -0.120. The van der Waals surface area contributed by atoms with Crippen molar-refractivity contribution in [3.05, 3.63) is 65.0 Å². The van der Waals surface area contributed by atoms with Gasteiger partial charge in [0.25, 0.3) is 10.0 Å². The summed E-state index contributed by atoms with van der Waals surface area (Å²) in [6.45, 7) is 0.552. The van der Waals surface area contributed by atoms with E-state index in [1.54, 1.807) is 17.4 Å². The molecule has 170 valence electrons. The zero-order chi connectivity index (χ0) is 23.0. The van der Waals surface area contributed by atoms with Crippen LogP contribution >= 0.6 is 34.3 Å². The molecule has 0 spiro atoms. The number of thiophene rings is 1. The lowest BCUT2D eigenvalue weighted by Crippen LogP contribution is -2.43. The van der Waals surface area contributed by atoms with Crippen molar-refractivity contribution in [2.24, 2.45) is 5.92 Å². The van der Waals surface area contributed by atoms with E-state index in [2.05, 4.69) is 10.3 Å². The van der Waals surface area contributed by atoms with E-state index in [1.165, 1.54) is 10.4 Å². The number of nitrogens with one attached hydrogen (secondary N) is 1. The van der Waals surface area contributed by atoms with Gasteiger partial charge in [0.15, 0.2) is 0 Å². The van der Waals surface area contributed by atoms with Gasteiger partial charge in [-0.3, -0.25) is 4.79 Å². The largest absolute Gasteiger partial charge is 0.326 e. The fraction of sp³-hybridized carbons (Fsp3) is 0.217. The van der Waals surface area contributed by atoms with Crippen molar-refractivity contribution in [2.45, 2.75) is 17.1 Å². The molecule has 33 heavy (non-hydrogen) atoms. The fourth-order valence-corrected chi connectivity index (χ4v) is 8.03. The summed E-state index contributed by atoms with van der Waals surface area (Å²) in [5, 5.41) is 3.86. The highest BCUT2D eigenvalue weighted by Gasteiger charge is 2.34. The summed E-state index contributed by atoms with van der Waals surface area (Å²) in [4.78, 5) is 17.7. The van der Waals surface area contributed by atoms with Gasteiger partial charge in [0, 0.05) is 24.3 Å². The number of fused-ring (bicyclic) bond motifs is 1. The Morgan fingerprint density at radius 2 is 1.94 bits per heavy atom. The number of anilines is 1. The van der Waals surface area contributed by atoms with Crippen molar-refractivity contribution in [3.63, 3.8) is 0 Å². The molecular weight excluding hydrogens is 498 g/mol. The first kappa shape index (κ1) is 22.5. The van der Waals surface area contributed by atoms with E-state index in [0.717, 1.165) is 32.1 Å². The average molecular weight is 518 g/mol. The maximum atomic E-state index is 13.0. The number of hydrogen-bond donors (Lipinski definition) is 1. The molecule has 5 rings (SSSR count). The molecule has 0 bridgehead atoms. The highest BCUT2D eigenvalue weighted by atomic mass is 35.5. The Hall–Kier alpha value is -2.30. The molecule has 3 heterocycles. The number of piperidine rings is 1. The number of amides is 1. The number of para-hydroxylation sites is 1. The second-order valence-corrected chi connectivity index (χ2v) is 12.7. The van der Waals surface area contributed by atoms with Crippen LogP contribution < -0.4 is 5.32 Å². The Kier molecular flexibility index (Phi) is 6.24. The fourth-order valence-electron chi connectivity index (χ4n) is 3.91. The monoisotopic (exact) mass is 517 g/mol. The molecule has 1 saturated heterocycles. The summed E-state index contributed by atoms with van der Waals surface area (Å²) in [5.41, 5.74) is 2.54. The summed E-state index contributed by atoms with van der Waals surface area (Å²) in [6.07, 6.45) is 1.27. The normalized spacial score (nSPS) is 17.3. The van der Waals surface area contributed by atoms with E-state index >= 15 is 0 Å². The van der Waals surface area contributed by atoms with Crippen LogP contribution in [0, 0.1) is 5.92 Å². The number of halogens is 1. The van der Waals surface area contributed by atoms with Gasteiger partial charge in [-0.15, -0.1) is 22.7 Å². The summed E-state index contributed by atoms with van der Waals surface area (Å²) in [7, 11) is -3.66. The Labute approximate surface area is 204 Å². The van der Waals surface area contributed by atoms with Gasteiger partial charge >= 0.3 is 0 Å². The van der Waals surface area contributed by atoms with Gasteiger partial charge in [-0.1, -0.05) is 35.9 Å². The van der Waals surface area contributed by atoms with Crippen LogP contribution in [0.3, 0.4) is 0 Å². The highest BCUT2D eigenvalue weighted by molar-refractivity contribution is 7.91. The summed E-state index contributed by atoms with van der Waals surface area (Å²) in [6, 6.07) is 18.6. The zero-order valence-electron chi connectivity index (χ0n) is 17.4. The predicted molar refractivity (Wildman–Crippen MR) is 134 cm³/mol. The number of nitrogens with zero attached hydrogens (tertiary/aromatic N) is 2. The minimum atomic E-state index is -3.66. The molecule has 1 amide bonds. The van der Waals surface area contributed by atoms with Gasteiger partial charge in [-0.05, 0) is 49.2 Å². The van der Waals surface area contributed by atoms with E-state index in [4.69, 9.17) is 11.6 Å². The van der Waals surface area contributed by atoms with E-state index in [1.807, 2.05) is 48.5 Å². The number of rotatable bonds is 5. The van der Waals surface area contributed by atoms with Crippen molar-refractivity contribution in [1.29, 1.82) is 0 Å². The van der Waals surface area contributed by atoms with E-state index in [9.17, 15) is 13.2 Å². The molecule has 6 nitrogen and oxygen atoms in total. The summed E-state index contributed by atoms with van der Waals surface area (Å²) in [5.74, 6) is -0.601. The standard InChI is InChI=1S/C23H20ClN3O3S3/c24-20-10-11-21(32-20)33(29,30)27-12-4-6-16(14-27)22(28)25-17-7-3-5-15(13-17)23-26-18-8-1-2-9-19(18)31-23/h1-3,5,7-11,13,16H,4,6,12,14H2,(H,25,28). The molecule has 1 aliphatic rings. The van der Waals surface area contributed by atoms with Crippen LogP contribution in [-0.4, -0.2) is 36.7 Å². The third-order valence-corrected chi connectivity index (χ3v) is 10.2. The third kappa shape index (κ3) is 4.69. The van der Waals surface area contributed by atoms with Gasteiger partial charge in [-0.25, -0.2) is 13.4 Å². The number of carbonyl (C=O) groups excluding carboxylic acids is 1. The number of sulfonamides is 1. The number of hydrogen-bond acceptors (Lipinski definition) is 6. The second kappa shape index (κ2) is 9.15. The van der Waals surface area contributed by atoms with E-state index < -0.39 is 15.9 Å². The number of thiazole rings is 1. The van der Waals surface area contributed by atoms with Crippen LogP contribution in [0.25, 0.3) is 20.8 Å². The van der Waals surface area contributed by atoms with E-state index in [0.29, 0.717) is 29.4 Å². The number of carbonyl (C=O) groups is 1. The molecular formula is C23H20ClN3O3S3. The first-order chi connectivity index (χ1) is 15.9. The molecule has 0 radical (unpaired) electrons. The first-order valence-corrected chi connectivity index (χ1v) is 13.9. The van der Waals surface area contributed by atoms with Crippen LogP contribution in [0.15, 0.2) is 64.9 Å². The average Bonchev–Trinajstić information content (AvgIpc) is 3.46. The van der Waals surface area contributed by atoms with Crippen molar-refractivity contribution in [1.82, 2.24) is 9.29 Å². The molecule has 2 aromatic heterocycles. The topological polar surface area (TPSA) is 79.4 Å². The molecule has 2 aromatic carbocycles. The molecule has 10 heteroatoms. The maximum absolute atomic E-state index is 13.0. The second-order valence-electron chi connectivity index (χ2n) is 7.82. The maximum Gasteiger partial charge on any atom is 0.252 e. The van der Waals surface area contributed by atoms with Crippen LogP contribution in [0.4, 0.5) is 5.69 Å². The Balaban J connectivity index is 1.31. The summed E-state index contributed by atoms with van der Waals surface area (Å²) < 4.78 is 29.0. The third-order valence-electron chi connectivity index (χ3n) is 5.57. The zero-order valence-corrected chi connectivity index (χ0v) is 20.6. The summed E-state index contributed by atoms with van der Waals surface area (Å²) >= 11 is 8.56. The SMILES string of the molecule is O=C(Nc1cccc(-c2nc3ccccc3s2)c1)C1CCCN(S(=O)(=O)c2ccc(Cl)s2)C1. The molecule has 1 fully saturated rings. The van der Waals surface area contributed by atoms with Gasteiger partial charge in [0.05, 0.1) is 20.5 Å². The van der Waals surface area contributed by atoms with E-state index in [-0.39, 0.29) is 16.7 Å². The minimum absolute atomic E-state index is 0.154. The van der Waals surface area contributed by atoms with Crippen LogP contribution in [0.1, 0.15) is 12.8 Å².